The molecule has 1 fully saturated rings. The van der Waals surface area contributed by atoms with Crippen LogP contribution >= 0.6 is 0 Å². The smallest absolute Gasteiger partial charge is 0.242 e. The molecule has 0 aromatic heterocycles. The highest BCUT2D eigenvalue weighted by Crippen LogP contribution is 2.19. The molecule has 20 heavy (non-hydrogen) atoms. The van der Waals surface area contributed by atoms with Gasteiger partial charge in [0.05, 0.1) is 0 Å². The maximum absolute atomic E-state index is 13.5. The minimum absolute atomic E-state index is 0.00220. The highest BCUT2D eigenvalue weighted by Gasteiger charge is 2.28. The number of halogens is 1. The number of nitrogens with zero attached hydrogens (tertiary/aromatic N) is 1. The van der Waals surface area contributed by atoms with Gasteiger partial charge in [0.15, 0.2) is 0 Å². The molecule has 1 heterocycles. The zero-order valence-corrected chi connectivity index (χ0v) is 11.9. The Bertz CT molecular complexity index is 640. The average molecular weight is 297 g/mol. The minimum atomic E-state index is -3.91. The highest BCUT2D eigenvalue weighted by atomic mass is 32.2. The van der Waals surface area contributed by atoms with Crippen molar-refractivity contribution in [3.8, 4) is 6.07 Å². The Labute approximate surface area is 117 Å². The molecular formula is C13H16FN3O2S. The molecular weight excluding hydrogens is 281 g/mol. The standard InChI is InChI=1S/C13H16FN3O2S/c1-9-12(5-3-7-16-9)17-20(18,19)13-6-2-4-11(14)10(13)8-15/h2,4,6,9,12,16-17H,3,5,7H2,1H3. The van der Waals surface area contributed by atoms with Gasteiger partial charge in [-0.1, -0.05) is 6.07 Å². The summed E-state index contributed by atoms with van der Waals surface area (Å²) in [6.07, 6.45) is 1.58. The topological polar surface area (TPSA) is 82.0 Å². The van der Waals surface area contributed by atoms with Gasteiger partial charge in [0.1, 0.15) is 22.3 Å². The van der Waals surface area contributed by atoms with Crippen molar-refractivity contribution >= 4 is 10.0 Å². The number of nitriles is 1. The first-order valence-corrected chi connectivity index (χ1v) is 7.88. The van der Waals surface area contributed by atoms with Crippen molar-refractivity contribution in [2.45, 2.75) is 36.7 Å². The second-order valence-electron chi connectivity index (χ2n) is 4.84. The van der Waals surface area contributed by atoms with Crippen LogP contribution in [-0.2, 0) is 10.0 Å². The van der Waals surface area contributed by atoms with E-state index in [9.17, 15) is 12.8 Å². The number of hydrogen-bond acceptors (Lipinski definition) is 4. The lowest BCUT2D eigenvalue weighted by atomic mass is 10.0. The van der Waals surface area contributed by atoms with Gasteiger partial charge in [-0.2, -0.15) is 5.26 Å². The molecule has 0 saturated carbocycles. The van der Waals surface area contributed by atoms with E-state index in [-0.39, 0.29) is 17.0 Å². The van der Waals surface area contributed by atoms with Crippen LogP contribution in [0.5, 0.6) is 0 Å². The van der Waals surface area contributed by atoms with Gasteiger partial charge in [0, 0.05) is 12.1 Å². The number of benzene rings is 1. The third-order valence-corrected chi connectivity index (χ3v) is 4.98. The third-order valence-electron chi connectivity index (χ3n) is 3.44. The summed E-state index contributed by atoms with van der Waals surface area (Å²) in [5, 5.41) is 12.1. The maximum atomic E-state index is 13.5. The van der Waals surface area contributed by atoms with Gasteiger partial charge in [0.2, 0.25) is 10.0 Å². The van der Waals surface area contributed by atoms with Crippen LogP contribution in [0.3, 0.4) is 0 Å². The molecule has 7 heteroatoms. The summed E-state index contributed by atoms with van der Waals surface area (Å²) < 4.78 is 40.7. The zero-order valence-electron chi connectivity index (χ0n) is 11.1. The first-order valence-electron chi connectivity index (χ1n) is 6.40. The largest absolute Gasteiger partial charge is 0.313 e. The Balaban J connectivity index is 2.32. The molecule has 0 spiro atoms. The van der Waals surface area contributed by atoms with E-state index in [1.807, 2.05) is 6.92 Å². The Morgan fingerprint density at radius 3 is 2.90 bits per heavy atom. The summed E-state index contributed by atoms with van der Waals surface area (Å²) in [7, 11) is -3.91. The molecule has 1 aliphatic heterocycles. The lowest BCUT2D eigenvalue weighted by Gasteiger charge is -2.30. The van der Waals surface area contributed by atoms with E-state index < -0.39 is 21.4 Å². The van der Waals surface area contributed by atoms with Gasteiger partial charge < -0.3 is 5.32 Å². The summed E-state index contributed by atoms with van der Waals surface area (Å²) in [6, 6.07) is 4.94. The van der Waals surface area contributed by atoms with Gasteiger partial charge in [-0.05, 0) is 38.4 Å². The van der Waals surface area contributed by atoms with Crippen molar-refractivity contribution in [3.05, 3.63) is 29.6 Å². The number of nitrogens with one attached hydrogen (secondary N) is 2. The Hall–Kier alpha value is -1.49. The van der Waals surface area contributed by atoms with Crippen molar-refractivity contribution in [2.75, 3.05) is 6.54 Å². The molecule has 1 aromatic carbocycles. The molecule has 0 amide bonds. The average Bonchev–Trinajstić information content (AvgIpc) is 2.41. The van der Waals surface area contributed by atoms with E-state index in [2.05, 4.69) is 10.0 Å². The van der Waals surface area contributed by atoms with Crippen LogP contribution < -0.4 is 10.0 Å². The van der Waals surface area contributed by atoms with Gasteiger partial charge >= 0.3 is 0 Å². The lowest BCUT2D eigenvalue weighted by Crippen LogP contribution is -2.51. The molecule has 2 N–H and O–H groups in total. The van der Waals surface area contributed by atoms with Gasteiger partial charge in [-0.15, -0.1) is 0 Å². The fraction of sp³-hybridized carbons (Fsp3) is 0.462. The van der Waals surface area contributed by atoms with Crippen LogP contribution in [0.25, 0.3) is 0 Å². The molecule has 1 saturated heterocycles. The van der Waals surface area contributed by atoms with Crippen LogP contribution in [-0.4, -0.2) is 27.0 Å². The second-order valence-corrected chi connectivity index (χ2v) is 6.52. The first kappa shape index (κ1) is 14.9. The van der Waals surface area contributed by atoms with Gasteiger partial charge in [0.25, 0.3) is 0 Å². The molecule has 1 aromatic rings. The summed E-state index contributed by atoms with van der Waals surface area (Å²) >= 11 is 0. The van der Waals surface area contributed by atoms with Crippen LogP contribution in [0.4, 0.5) is 4.39 Å². The van der Waals surface area contributed by atoms with Crippen molar-refractivity contribution < 1.29 is 12.8 Å². The molecule has 0 bridgehead atoms. The fourth-order valence-electron chi connectivity index (χ4n) is 2.30. The van der Waals surface area contributed by atoms with Crippen molar-refractivity contribution in [1.29, 1.82) is 5.26 Å². The molecule has 2 rings (SSSR count). The van der Waals surface area contributed by atoms with Crippen molar-refractivity contribution in [3.63, 3.8) is 0 Å². The third kappa shape index (κ3) is 2.98. The first-order chi connectivity index (χ1) is 9.45. The van der Waals surface area contributed by atoms with Crippen LogP contribution in [0.1, 0.15) is 25.3 Å². The molecule has 0 aliphatic carbocycles. The van der Waals surface area contributed by atoms with Crippen molar-refractivity contribution in [1.82, 2.24) is 10.0 Å². The summed E-state index contributed by atoms with van der Waals surface area (Å²) in [4.78, 5) is -0.308. The molecule has 108 valence electrons. The second kappa shape index (κ2) is 5.87. The molecule has 5 nitrogen and oxygen atoms in total. The summed E-state index contributed by atoms with van der Waals surface area (Å²) in [5.74, 6) is -0.829. The monoisotopic (exact) mass is 297 g/mol. The van der Waals surface area contributed by atoms with Gasteiger partial charge in [-0.25, -0.2) is 17.5 Å². The van der Waals surface area contributed by atoms with Crippen LogP contribution in [0, 0.1) is 17.1 Å². The maximum Gasteiger partial charge on any atom is 0.242 e. The van der Waals surface area contributed by atoms with Gasteiger partial charge in [-0.3, -0.25) is 0 Å². The quantitative estimate of drug-likeness (QED) is 0.876. The Morgan fingerprint density at radius 2 is 2.25 bits per heavy atom. The molecule has 2 atom stereocenters. The minimum Gasteiger partial charge on any atom is -0.313 e. The summed E-state index contributed by atoms with van der Waals surface area (Å²) in [5.41, 5.74) is -0.448. The van der Waals surface area contributed by atoms with E-state index in [0.717, 1.165) is 19.0 Å². The normalized spacial score (nSPS) is 23.2. The summed E-state index contributed by atoms with van der Waals surface area (Å²) in [6.45, 7) is 2.74. The molecule has 2 unspecified atom stereocenters. The van der Waals surface area contributed by atoms with Crippen molar-refractivity contribution in [2.24, 2.45) is 0 Å². The number of sulfonamides is 1. The highest BCUT2D eigenvalue weighted by molar-refractivity contribution is 7.89. The van der Waals surface area contributed by atoms with Crippen LogP contribution in [0.15, 0.2) is 23.1 Å². The van der Waals surface area contributed by atoms with E-state index in [4.69, 9.17) is 5.26 Å². The molecule has 0 radical (unpaired) electrons. The number of hydrogen-bond donors (Lipinski definition) is 2. The van der Waals surface area contributed by atoms with E-state index >= 15 is 0 Å². The molecule has 1 aliphatic rings. The Kier molecular flexibility index (Phi) is 4.38. The predicted octanol–water partition coefficient (Wildman–Crippen LogP) is 1.12. The van der Waals surface area contributed by atoms with E-state index in [1.165, 1.54) is 12.1 Å². The lowest BCUT2D eigenvalue weighted by molar-refractivity contribution is 0.348. The SMILES string of the molecule is CC1NCCCC1NS(=O)(=O)c1cccc(F)c1C#N. The van der Waals surface area contributed by atoms with E-state index in [0.29, 0.717) is 6.42 Å². The van der Waals surface area contributed by atoms with Crippen LogP contribution in [0.2, 0.25) is 0 Å². The van der Waals surface area contributed by atoms with E-state index in [1.54, 1.807) is 6.07 Å². The predicted molar refractivity (Wildman–Crippen MR) is 71.9 cm³/mol. The Morgan fingerprint density at radius 1 is 1.50 bits per heavy atom. The fourth-order valence-corrected chi connectivity index (χ4v) is 3.82. The number of piperidine rings is 1. The zero-order chi connectivity index (χ0) is 14.8. The number of rotatable bonds is 3.